The summed E-state index contributed by atoms with van der Waals surface area (Å²) in [7, 11) is 0. The maximum Gasteiger partial charge on any atom is 0.0797 e. The van der Waals surface area contributed by atoms with Gasteiger partial charge in [-0.25, -0.2) is 4.98 Å². The molecule has 0 saturated carbocycles. The number of nitrogens with zero attached hydrogens (tertiary/aromatic N) is 1. The molecule has 1 aromatic heterocycles. The Balaban J connectivity index is 2.04. The smallest absolute Gasteiger partial charge is 0.0797 e. The molecule has 18 heavy (non-hydrogen) atoms. The van der Waals surface area contributed by atoms with E-state index in [1.807, 2.05) is 11.6 Å². The van der Waals surface area contributed by atoms with Crippen molar-refractivity contribution in [3.05, 3.63) is 50.4 Å². The monoisotopic (exact) mass is 343 g/mol. The van der Waals surface area contributed by atoms with E-state index in [0.29, 0.717) is 11.8 Å². The molecule has 1 aromatic carbocycles. The quantitative estimate of drug-likeness (QED) is 0.682. The third-order valence-corrected chi connectivity index (χ3v) is 4.93. The summed E-state index contributed by atoms with van der Waals surface area (Å²) in [6, 6.07) is 8.42. The zero-order chi connectivity index (χ0) is 13.0. The van der Waals surface area contributed by atoms with Gasteiger partial charge in [-0.1, -0.05) is 28.1 Å². The van der Waals surface area contributed by atoms with Gasteiger partial charge in [0.2, 0.25) is 0 Å². The van der Waals surface area contributed by atoms with E-state index in [0.717, 1.165) is 23.0 Å². The fourth-order valence-electron chi connectivity index (χ4n) is 1.96. The highest BCUT2D eigenvalue weighted by atomic mass is 79.9. The number of alkyl halides is 1. The summed E-state index contributed by atoms with van der Waals surface area (Å²) >= 11 is 11.4. The number of benzene rings is 1. The normalized spacial score (nSPS) is 12.6. The van der Waals surface area contributed by atoms with Crippen molar-refractivity contribution in [2.24, 2.45) is 0 Å². The van der Waals surface area contributed by atoms with E-state index < -0.39 is 0 Å². The highest BCUT2D eigenvalue weighted by Gasteiger charge is 2.12. The Hall–Kier alpha value is -0.380. The molecule has 0 aliphatic heterocycles. The van der Waals surface area contributed by atoms with Gasteiger partial charge in [-0.2, -0.15) is 0 Å². The van der Waals surface area contributed by atoms with Crippen LogP contribution in [0.15, 0.2) is 34.2 Å². The summed E-state index contributed by atoms with van der Waals surface area (Å²) in [4.78, 5) is 5.66. The Morgan fingerprint density at radius 2 is 2.28 bits per heavy atom. The highest BCUT2D eigenvalue weighted by molar-refractivity contribution is 9.10. The molecule has 1 unspecified atom stereocenters. The molecule has 4 heteroatoms. The van der Waals surface area contributed by atoms with E-state index in [2.05, 4.69) is 46.0 Å². The second-order valence-electron chi connectivity index (χ2n) is 4.31. The Kier molecular flexibility index (Phi) is 5.22. The molecule has 2 rings (SSSR count). The van der Waals surface area contributed by atoms with Crippen LogP contribution in [-0.2, 0) is 6.42 Å². The standard InChI is InChI=1S/C14H15BrClNS/c1-10-14(18-9-17-10)6-5-12(8-16)11-3-2-4-13(15)7-11/h2-4,7,9,12H,5-6,8H2,1H3. The predicted octanol–water partition coefficient (Wildman–Crippen LogP) is 5.17. The van der Waals surface area contributed by atoms with Crippen LogP contribution in [-0.4, -0.2) is 10.9 Å². The molecular weight excluding hydrogens is 330 g/mol. The molecule has 0 N–H and O–H groups in total. The van der Waals surface area contributed by atoms with E-state index in [1.165, 1.54) is 10.4 Å². The van der Waals surface area contributed by atoms with E-state index in [9.17, 15) is 0 Å². The fourth-order valence-corrected chi connectivity index (χ4v) is 3.51. The first-order chi connectivity index (χ1) is 8.70. The van der Waals surface area contributed by atoms with Gasteiger partial charge in [0.1, 0.15) is 0 Å². The van der Waals surface area contributed by atoms with Gasteiger partial charge >= 0.3 is 0 Å². The SMILES string of the molecule is Cc1ncsc1CCC(CCl)c1cccc(Br)c1. The number of thiazole rings is 1. The zero-order valence-corrected chi connectivity index (χ0v) is 13.4. The first-order valence-corrected chi connectivity index (χ1v) is 8.12. The van der Waals surface area contributed by atoms with Crippen molar-refractivity contribution in [3.63, 3.8) is 0 Å². The van der Waals surface area contributed by atoms with Crippen molar-refractivity contribution in [1.82, 2.24) is 4.98 Å². The largest absolute Gasteiger partial charge is 0.250 e. The average molecular weight is 345 g/mol. The van der Waals surface area contributed by atoms with Crippen LogP contribution in [0.3, 0.4) is 0 Å². The minimum Gasteiger partial charge on any atom is -0.250 e. The summed E-state index contributed by atoms with van der Waals surface area (Å²) in [5.74, 6) is 1.07. The molecule has 0 amide bonds. The van der Waals surface area contributed by atoms with E-state index in [1.54, 1.807) is 11.3 Å². The van der Waals surface area contributed by atoms with Crippen LogP contribution in [0.5, 0.6) is 0 Å². The van der Waals surface area contributed by atoms with Crippen LogP contribution < -0.4 is 0 Å². The zero-order valence-electron chi connectivity index (χ0n) is 10.2. The van der Waals surface area contributed by atoms with Crippen molar-refractivity contribution in [2.45, 2.75) is 25.7 Å². The lowest BCUT2D eigenvalue weighted by molar-refractivity contribution is 0.687. The van der Waals surface area contributed by atoms with Gasteiger partial charge in [-0.15, -0.1) is 22.9 Å². The van der Waals surface area contributed by atoms with Crippen molar-refractivity contribution in [3.8, 4) is 0 Å². The molecular formula is C14H15BrClNS. The second kappa shape index (κ2) is 6.69. The van der Waals surface area contributed by atoms with Crippen molar-refractivity contribution >= 4 is 38.9 Å². The number of halogens is 2. The molecule has 0 fully saturated rings. The van der Waals surface area contributed by atoms with Crippen molar-refractivity contribution in [2.75, 3.05) is 5.88 Å². The van der Waals surface area contributed by atoms with E-state index in [4.69, 9.17) is 11.6 Å². The van der Waals surface area contributed by atoms with Crippen molar-refractivity contribution in [1.29, 1.82) is 0 Å². The Bertz CT molecular complexity index is 512. The fraction of sp³-hybridized carbons (Fsp3) is 0.357. The van der Waals surface area contributed by atoms with Crippen LogP contribution >= 0.6 is 38.9 Å². The Morgan fingerprint density at radius 1 is 1.44 bits per heavy atom. The Morgan fingerprint density at radius 3 is 2.89 bits per heavy atom. The predicted molar refractivity (Wildman–Crippen MR) is 82.8 cm³/mol. The minimum absolute atomic E-state index is 0.408. The Labute approximate surface area is 125 Å². The van der Waals surface area contributed by atoms with Gasteiger partial charge < -0.3 is 0 Å². The summed E-state index contributed by atoms with van der Waals surface area (Å²) in [6.07, 6.45) is 2.13. The highest BCUT2D eigenvalue weighted by Crippen LogP contribution is 2.27. The maximum atomic E-state index is 6.11. The van der Waals surface area contributed by atoms with Gasteiger partial charge in [0, 0.05) is 15.2 Å². The number of hydrogen-bond acceptors (Lipinski definition) is 2. The summed E-state index contributed by atoms with van der Waals surface area (Å²) in [5.41, 5.74) is 4.38. The molecule has 0 spiro atoms. The van der Waals surface area contributed by atoms with Gasteiger partial charge in [-0.3, -0.25) is 0 Å². The van der Waals surface area contributed by atoms with Gasteiger partial charge in [0.05, 0.1) is 11.2 Å². The lowest BCUT2D eigenvalue weighted by Gasteiger charge is -2.14. The average Bonchev–Trinajstić information content (AvgIpc) is 2.76. The van der Waals surface area contributed by atoms with Crippen LogP contribution in [0.25, 0.3) is 0 Å². The molecule has 96 valence electrons. The summed E-state index contributed by atoms with van der Waals surface area (Å²) in [5, 5.41) is 0. The molecule has 0 aliphatic rings. The molecule has 2 aromatic rings. The molecule has 0 bridgehead atoms. The topological polar surface area (TPSA) is 12.9 Å². The molecule has 1 nitrogen and oxygen atoms in total. The number of hydrogen-bond donors (Lipinski definition) is 0. The summed E-state index contributed by atoms with van der Waals surface area (Å²) in [6.45, 7) is 2.07. The lowest BCUT2D eigenvalue weighted by atomic mass is 9.95. The molecule has 0 saturated heterocycles. The van der Waals surface area contributed by atoms with Crippen LogP contribution in [0, 0.1) is 6.92 Å². The lowest BCUT2D eigenvalue weighted by Crippen LogP contribution is -2.02. The van der Waals surface area contributed by atoms with E-state index >= 15 is 0 Å². The maximum absolute atomic E-state index is 6.11. The first kappa shape index (κ1) is 14.0. The van der Waals surface area contributed by atoms with Crippen LogP contribution in [0.4, 0.5) is 0 Å². The minimum atomic E-state index is 0.408. The molecule has 1 heterocycles. The van der Waals surface area contributed by atoms with Gasteiger partial charge in [0.15, 0.2) is 0 Å². The molecule has 0 aliphatic carbocycles. The molecule has 0 radical (unpaired) electrons. The third kappa shape index (κ3) is 3.56. The second-order valence-corrected chi connectivity index (χ2v) is 6.47. The number of aromatic nitrogens is 1. The summed E-state index contributed by atoms with van der Waals surface area (Å²) < 4.78 is 1.11. The van der Waals surface area contributed by atoms with Gasteiger partial charge in [-0.05, 0) is 43.4 Å². The first-order valence-electron chi connectivity index (χ1n) is 5.91. The number of aryl methyl sites for hydroxylation is 2. The number of rotatable bonds is 5. The van der Waals surface area contributed by atoms with Gasteiger partial charge in [0.25, 0.3) is 0 Å². The van der Waals surface area contributed by atoms with Crippen LogP contribution in [0.2, 0.25) is 0 Å². The third-order valence-electron chi connectivity index (χ3n) is 3.07. The van der Waals surface area contributed by atoms with Crippen LogP contribution in [0.1, 0.15) is 28.5 Å². The molecule has 1 atom stereocenters. The van der Waals surface area contributed by atoms with E-state index in [-0.39, 0.29) is 0 Å². The van der Waals surface area contributed by atoms with Crippen molar-refractivity contribution < 1.29 is 0 Å².